The van der Waals surface area contributed by atoms with E-state index in [0.717, 1.165) is 36.9 Å². The summed E-state index contributed by atoms with van der Waals surface area (Å²) in [5, 5.41) is 5.00. The molecule has 0 aromatic carbocycles. The number of ether oxygens (including phenoxy) is 1. The number of aromatic nitrogens is 1. The summed E-state index contributed by atoms with van der Waals surface area (Å²) in [6, 6.07) is 2.19. The number of aryl methyl sites for hydroxylation is 1. The van der Waals surface area contributed by atoms with Gasteiger partial charge >= 0.3 is 12.0 Å². The molecule has 2 fully saturated rings. The highest BCUT2D eigenvalue weighted by Crippen LogP contribution is 2.38. The van der Waals surface area contributed by atoms with Crippen molar-refractivity contribution in [2.45, 2.75) is 77.5 Å². The summed E-state index contributed by atoms with van der Waals surface area (Å²) in [6.45, 7) is 5.54. The van der Waals surface area contributed by atoms with Crippen molar-refractivity contribution in [2.24, 2.45) is 0 Å². The minimum atomic E-state index is -1.05. The van der Waals surface area contributed by atoms with E-state index < -0.39 is 24.0 Å². The number of amides is 3. The number of imide groups is 1. The molecule has 1 aromatic rings. The van der Waals surface area contributed by atoms with Crippen LogP contribution in [0.3, 0.4) is 0 Å². The Kier molecular flexibility index (Phi) is 6.21. The van der Waals surface area contributed by atoms with Gasteiger partial charge in [0.1, 0.15) is 0 Å². The molecule has 0 bridgehead atoms. The van der Waals surface area contributed by atoms with Gasteiger partial charge in [-0.05, 0) is 64.2 Å². The average Bonchev–Trinajstić information content (AvgIpc) is 3.25. The lowest BCUT2D eigenvalue weighted by molar-refractivity contribution is -0.149. The monoisotopic (exact) mass is 387 g/mol. The molecule has 0 spiro atoms. The third-order valence-corrected chi connectivity index (χ3v) is 5.42. The fraction of sp³-hybridized carbons (Fsp3) is 0.571. The smallest absolute Gasteiger partial charge is 0.331 e. The van der Waals surface area contributed by atoms with E-state index in [1.165, 1.54) is 31.5 Å². The maximum atomic E-state index is 12.0. The first-order valence-corrected chi connectivity index (χ1v) is 10.0. The summed E-state index contributed by atoms with van der Waals surface area (Å²) < 4.78 is 7.41. The first kappa shape index (κ1) is 20.2. The molecule has 0 aliphatic heterocycles. The molecular formula is C21H29N3O4. The first-order chi connectivity index (χ1) is 13.3. The van der Waals surface area contributed by atoms with Crippen LogP contribution in [0.15, 0.2) is 12.1 Å². The van der Waals surface area contributed by atoms with Crippen molar-refractivity contribution in [3.8, 4) is 0 Å². The Morgan fingerprint density at radius 3 is 2.50 bits per heavy atom. The van der Waals surface area contributed by atoms with E-state index in [9.17, 15) is 14.4 Å². The fourth-order valence-corrected chi connectivity index (χ4v) is 3.80. The van der Waals surface area contributed by atoms with Crippen molar-refractivity contribution in [3.05, 3.63) is 29.1 Å². The maximum absolute atomic E-state index is 12.0. The molecule has 1 heterocycles. The van der Waals surface area contributed by atoms with Crippen molar-refractivity contribution < 1.29 is 19.1 Å². The van der Waals surface area contributed by atoms with Crippen LogP contribution in [0.2, 0.25) is 0 Å². The van der Waals surface area contributed by atoms with Crippen LogP contribution >= 0.6 is 0 Å². The summed E-state index contributed by atoms with van der Waals surface area (Å²) in [7, 11) is 0. The van der Waals surface area contributed by atoms with Crippen LogP contribution in [-0.2, 0) is 14.3 Å². The van der Waals surface area contributed by atoms with Crippen LogP contribution in [0.1, 0.15) is 68.4 Å². The van der Waals surface area contributed by atoms with Gasteiger partial charge in [-0.3, -0.25) is 10.1 Å². The van der Waals surface area contributed by atoms with Crippen LogP contribution in [0.4, 0.5) is 4.79 Å². The molecule has 7 nitrogen and oxygen atoms in total. The summed E-state index contributed by atoms with van der Waals surface area (Å²) in [4.78, 5) is 35.9. The molecular weight excluding hydrogens is 358 g/mol. The predicted octanol–water partition coefficient (Wildman–Crippen LogP) is 3.15. The number of hydrogen-bond acceptors (Lipinski definition) is 4. The molecule has 0 saturated heterocycles. The maximum Gasteiger partial charge on any atom is 0.331 e. The van der Waals surface area contributed by atoms with Crippen molar-refractivity contribution in [3.63, 3.8) is 0 Å². The Labute approximate surface area is 165 Å². The highest BCUT2D eigenvalue weighted by Gasteiger charge is 2.26. The minimum absolute atomic E-state index is 0.114. The molecule has 28 heavy (non-hydrogen) atoms. The fourth-order valence-electron chi connectivity index (χ4n) is 3.80. The molecule has 152 valence electrons. The Morgan fingerprint density at radius 2 is 1.86 bits per heavy atom. The lowest BCUT2D eigenvalue weighted by Gasteiger charge is -2.15. The van der Waals surface area contributed by atoms with Gasteiger partial charge in [0.15, 0.2) is 6.10 Å². The topological polar surface area (TPSA) is 89.4 Å². The van der Waals surface area contributed by atoms with Gasteiger partial charge in [-0.1, -0.05) is 12.8 Å². The van der Waals surface area contributed by atoms with Gasteiger partial charge in [0.2, 0.25) is 0 Å². The molecule has 7 heteroatoms. The number of hydrogen-bond donors (Lipinski definition) is 2. The lowest BCUT2D eigenvalue weighted by Crippen LogP contribution is -2.47. The quantitative estimate of drug-likeness (QED) is 0.580. The van der Waals surface area contributed by atoms with Crippen molar-refractivity contribution >= 4 is 24.0 Å². The SMILES string of the molecule is Cc1cc(/C=C/C(=O)O[C@H](C)C(=O)NC(=O)NC2CCCC2)c(C)n1C1CC1. The molecule has 2 saturated carbocycles. The molecule has 3 amide bonds. The van der Waals surface area contributed by atoms with Gasteiger partial charge in [-0.2, -0.15) is 0 Å². The standard InChI is InChI=1S/C21H29N3O4/c1-13-12-16(14(2)24(13)18-9-10-18)8-11-19(25)28-15(3)20(26)23-21(27)22-17-6-4-5-7-17/h8,11-12,15,17-18H,4-7,9-10H2,1-3H3,(H2,22,23,26,27)/b11-8+/t15-/m1/s1. The Hall–Kier alpha value is -2.57. The van der Waals surface area contributed by atoms with Crippen LogP contribution in [0.5, 0.6) is 0 Å². The Bertz CT molecular complexity index is 786. The molecule has 0 radical (unpaired) electrons. The highest BCUT2D eigenvalue weighted by molar-refractivity contribution is 5.98. The van der Waals surface area contributed by atoms with E-state index >= 15 is 0 Å². The molecule has 2 N–H and O–H groups in total. The molecule has 2 aliphatic carbocycles. The van der Waals surface area contributed by atoms with E-state index in [1.54, 1.807) is 6.08 Å². The average molecular weight is 387 g/mol. The van der Waals surface area contributed by atoms with Gasteiger partial charge in [-0.25, -0.2) is 9.59 Å². The third-order valence-electron chi connectivity index (χ3n) is 5.42. The Morgan fingerprint density at radius 1 is 1.18 bits per heavy atom. The second-order valence-corrected chi connectivity index (χ2v) is 7.78. The molecule has 0 unspecified atom stereocenters. The van der Waals surface area contributed by atoms with Crippen molar-refractivity contribution in [2.75, 3.05) is 0 Å². The van der Waals surface area contributed by atoms with Gasteiger partial charge in [0, 0.05) is 29.5 Å². The largest absolute Gasteiger partial charge is 0.449 e. The zero-order chi connectivity index (χ0) is 20.3. The number of esters is 1. The summed E-state index contributed by atoms with van der Waals surface area (Å²) >= 11 is 0. The van der Waals surface area contributed by atoms with E-state index in [0.29, 0.717) is 6.04 Å². The van der Waals surface area contributed by atoms with Gasteiger partial charge in [0.25, 0.3) is 5.91 Å². The number of urea groups is 1. The minimum Gasteiger partial charge on any atom is -0.449 e. The van der Waals surface area contributed by atoms with Crippen molar-refractivity contribution in [1.82, 2.24) is 15.2 Å². The first-order valence-electron chi connectivity index (χ1n) is 10.0. The number of rotatable bonds is 6. The second kappa shape index (κ2) is 8.63. The molecule has 2 aliphatic rings. The predicted molar refractivity (Wildman–Crippen MR) is 106 cm³/mol. The zero-order valence-electron chi connectivity index (χ0n) is 16.8. The van der Waals surface area contributed by atoms with Gasteiger partial charge in [0.05, 0.1) is 0 Å². The van der Waals surface area contributed by atoms with Crippen molar-refractivity contribution in [1.29, 1.82) is 0 Å². The highest BCUT2D eigenvalue weighted by atomic mass is 16.5. The third kappa shape index (κ3) is 5.03. The van der Waals surface area contributed by atoms with Crippen LogP contribution < -0.4 is 10.6 Å². The summed E-state index contributed by atoms with van der Waals surface area (Å²) in [6.07, 6.45) is 8.40. The Balaban J connectivity index is 1.48. The van der Waals surface area contributed by atoms with E-state index in [-0.39, 0.29) is 6.04 Å². The molecule has 1 atom stereocenters. The molecule has 3 rings (SSSR count). The summed E-state index contributed by atoms with van der Waals surface area (Å²) in [5.74, 6) is -1.25. The number of carbonyl (C=O) groups is 3. The normalized spacial score (nSPS) is 18.2. The number of nitrogens with one attached hydrogen (secondary N) is 2. The van der Waals surface area contributed by atoms with E-state index in [1.807, 2.05) is 13.0 Å². The zero-order valence-corrected chi connectivity index (χ0v) is 16.8. The summed E-state index contributed by atoms with van der Waals surface area (Å²) in [5.41, 5.74) is 3.27. The number of carbonyl (C=O) groups excluding carboxylic acids is 3. The van der Waals surface area contributed by atoms with Crippen LogP contribution in [0, 0.1) is 13.8 Å². The lowest BCUT2D eigenvalue weighted by atomic mass is 10.2. The second-order valence-electron chi connectivity index (χ2n) is 7.78. The van der Waals surface area contributed by atoms with Crippen LogP contribution in [-0.4, -0.2) is 34.6 Å². The van der Waals surface area contributed by atoms with Crippen LogP contribution in [0.25, 0.3) is 6.08 Å². The molecule has 1 aromatic heterocycles. The van der Waals surface area contributed by atoms with Gasteiger partial charge in [-0.15, -0.1) is 0 Å². The van der Waals surface area contributed by atoms with Gasteiger partial charge < -0.3 is 14.6 Å². The number of nitrogens with zero attached hydrogens (tertiary/aromatic N) is 1. The van der Waals surface area contributed by atoms with E-state index in [4.69, 9.17) is 4.74 Å². The van der Waals surface area contributed by atoms with E-state index in [2.05, 4.69) is 22.1 Å².